The van der Waals surface area contributed by atoms with Crippen molar-refractivity contribution in [2.24, 2.45) is 34.0 Å². The minimum atomic E-state index is -1.63. The Labute approximate surface area is 361 Å². The lowest BCUT2D eigenvalue weighted by atomic mass is 10.0. The van der Waals surface area contributed by atoms with Crippen molar-refractivity contribution >= 4 is 77.7 Å². The Balaban J connectivity index is 3.25. The minimum absolute atomic E-state index is 0.0437. The number of rotatable bonds is 26. The van der Waals surface area contributed by atoms with Gasteiger partial charge in [0.15, 0.2) is 5.96 Å². The molecule has 0 spiro atoms. The molecule has 0 radical (unpaired) electrons. The van der Waals surface area contributed by atoms with Crippen LogP contribution in [0.15, 0.2) is 4.99 Å². The zero-order valence-corrected chi connectivity index (χ0v) is 37.3. The quantitative estimate of drug-likeness (QED) is 0.0180. The highest BCUT2D eigenvalue weighted by atomic mass is 32.2. The molecule has 1 saturated heterocycles. The molecule has 0 aliphatic carbocycles. The molecule has 0 unspecified atom stereocenters. The SMILES string of the molecule is CSCC[C@H](NC(=O)[C@@H](N)C(C)C)C(=O)N[C@@H](C)C(=O)N1CCC[C@H]1C(=O)N[C@@H](CCCN=C(N)N)C(=O)N[C@H](C(=O)N[C@@H](CC(C)C)C(=O)N[C@@H](CS)C(=O)O)[C@@H](C)O. The van der Waals surface area contributed by atoms with Crippen LogP contribution in [0.25, 0.3) is 0 Å². The van der Waals surface area contributed by atoms with Crippen LogP contribution in [0.2, 0.25) is 0 Å². The molecule has 60 heavy (non-hydrogen) atoms. The molecule has 0 aromatic carbocycles. The van der Waals surface area contributed by atoms with E-state index in [-0.39, 0.29) is 68.7 Å². The molecule has 0 bridgehead atoms. The second-order valence-electron chi connectivity index (χ2n) is 15.5. The molecule has 9 atom stereocenters. The van der Waals surface area contributed by atoms with Crippen molar-refractivity contribution in [3.05, 3.63) is 0 Å². The van der Waals surface area contributed by atoms with Crippen LogP contribution in [0, 0.1) is 11.8 Å². The fraction of sp³-hybridized carbons (Fsp3) is 0.757. The molecule has 21 nitrogen and oxygen atoms in total. The smallest absolute Gasteiger partial charge is 0.327 e. The number of amides is 7. The van der Waals surface area contributed by atoms with Crippen LogP contribution in [0.4, 0.5) is 0 Å². The van der Waals surface area contributed by atoms with E-state index in [4.69, 9.17) is 17.2 Å². The lowest BCUT2D eigenvalue weighted by Crippen LogP contribution is -2.61. The number of carboxylic acid groups (broad SMARTS) is 1. The molecule has 1 heterocycles. The lowest BCUT2D eigenvalue weighted by molar-refractivity contribution is -0.142. The number of thiol groups is 1. The van der Waals surface area contributed by atoms with Crippen LogP contribution >= 0.6 is 24.4 Å². The van der Waals surface area contributed by atoms with Gasteiger partial charge < -0.3 is 64.2 Å². The van der Waals surface area contributed by atoms with Gasteiger partial charge in [-0.15, -0.1) is 0 Å². The molecule has 1 aliphatic heterocycles. The number of nitrogens with zero attached hydrogens (tertiary/aromatic N) is 2. The van der Waals surface area contributed by atoms with Gasteiger partial charge in [0.25, 0.3) is 0 Å². The number of aliphatic hydroxyl groups is 1. The Morgan fingerprint density at radius 1 is 0.800 bits per heavy atom. The van der Waals surface area contributed by atoms with Crippen LogP contribution in [-0.2, 0) is 38.4 Å². The second kappa shape index (κ2) is 26.8. The van der Waals surface area contributed by atoms with E-state index >= 15 is 0 Å². The van der Waals surface area contributed by atoms with Crippen molar-refractivity contribution in [1.29, 1.82) is 0 Å². The number of hydrogen-bond acceptors (Lipinski definition) is 13. The average Bonchev–Trinajstić information content (AvgIpc) is 3.67. The molecular formula is C37H67N11O10S2. The highest BCUT2D eigenvalue weighted by molar-refractivity contribution is 7.98. The first kappa shape index (κ1) is 53.7. The fourth-order valence-electron chi connectivity index (χ4n) is 6.12. The third-order valence-electron chi connectivity index (χ3n) is 9.61. The summed E-state index contributed by atoms with van der Waals surface area (Å²) in [5, 5.41) is 35.2. The van der Waals surface area contributed by atoms with E-state index in [2.05, 4.69) is 49.5 Å². The molecule has 342 valence electrons. The number of aliphatic carboxylic acids is 1. The summed E-state index contributed by atoms with van der Waals surface area (Å²) in [4.78, 5) is 111. The first-order valence-electron chi connectivity index (χ1n) is 20.0. The van der Waals surface area contributed by atoms with Gasteiger partial charge in [0.05, 0.1) is 12.1 Å². The van der Waals surface area contributed by atoms with E-state index < -0.39 is 102 Å². The van der Waals surface area contributed by atoms with Gasteiger partial charge in [-0.2, -0.15) is 24.4 Å². The number of aliphatic imine (C=N–C) groups is 1. The first-order valence-corrected chi connectivity index (χ1v) is 22.0. The van der Waals surface area contributed by atoms with Crippen molar-refractivity contribution in [1.82, 2.24) is 36.8 Å². The molecular weight excluding hydrogens is 823 g/mol. The zero-order chi connectivity index (χ0) is 45.9. The van der Waals surface area contributed by atoms with Crippen molar-refractivity contribution < 1.29 is 48.6 Å². The number of likely N-dealkylation sites (tertiary alicyclic amines) is 1. The van der Waals surface area contributed by atoms with Gasteiger partial charge in [0, 0.05) is 18.8 Å². The summed E-state index contributed by atoms with van der Waals surface area (Å²) in [7, 11) is 0. The molecule has 1 rings (SSSR count). The maximum Gasteiger partial charge on any atom is 0.327 e. The fourth-order valence-corrected chi connectivity index (χ4v) is 6.84. The predicted molar refractivity (Wildman–Crippen MR) is 230 cm³/mol. The number of carbonyl (C=O) groups excluding carboxylic acids is 7. The zero-order valence-electron chi connectivity index (χ0n) is 35.6. The first-order chi connectivity index (χ1) is 28.0. The summed E-state index contributed by atoms with van der Waals surface area (Å²) < 4.78 is 0. The monoisotopic (exact) mass is 889 g/mol. The topological polar surface area (TPSA) is 343 Å². The number of carbonyl (C=O) groups is 8. The van der Waals surface area contributed by atoms with Crippen LogP contribution < -0.4 is 49.1 Å². The van der Waals surface area contributed by atoms with Crippen molar-refractivity contribution in [3.8, 4) is 0 Å². The summed E-state index contributed by atoms with van der Waals surface area (Å²) in [5.41, 5.74) is 16.9. The van der Waals surface area contributed by atoms with E-state index in [1.165, 1.54) is 30.5 Å². The summed E-state index contributed by atoms with van der Waals surface area (Å²) in [5.74, 6) is -6.55. The highest BCUT2D eigenvalue weighted by Crippen LogP contribution is 2.20. The van der Waals surface area contributed by atoms with Gasteiger partial charge in [-0.05, 0) is 76.2 Å². The number of nitrogens with two attached hydrogens (primary N) is 3. The number of hydrogen-bond donors (Lipinski definition) is 12. The van der Waals surface area contributed by atoms with Crippen molar-refractivity contribution in [2.75, 3.05) is 30.9 Å². The van der Waals surface area contributed by atoms with Gasteiger partial charge in [-0.25, -0.2) is 4.79 Å². The Morgan fingerprint density at radius 3 is 1.90 bits per heavy atom. The van der Waals surface area contributed by atoms with E-state index in [0.29, 0.717) is 12.2 Å². The van der Waals surface area contributed by atoms with Gasteiger partial charge >= 0.3 is 5.97 Å². The largest absolute Gasteiger partial charge is 0.480 e. The second-order valence-corrected chi connectivity index (χ2v) is 16.9. The van der Waals surface area contributed by atoms with Crippen molar-refractivity contribution in [3.63, 3.8) is 0 Å². The molecule has 1 fully saturated rings. The van der Waals surface area contributed by atoms with Crippen LogP contribution in [0.3, 0.4) is 0 Å². The van der Waals surface area contributed by atoms with Crippen LogP contribution in [-0.4, -0.2) is 154 Å². The number of nitrogens with one attached hydrogen (secondary N) is 6. The standard InChI is InChI=1S/C37H67N11O10S2/c1-18(2)16-24(31(52)46-25(17-59)36(57)58)45-34(55)28(21(6)49)47-30(51)22(10-8-13-41-37(39)40)43-32(53)26-11-9-14-48(26)35(56)20(5)42-29(50)23(12-15-60-7)44-33(54)27(38)19(3)4/h18-28,49,59H,8-17,38H2,1-7H3,(H,42,50)(H,43,53)(H,44,54)(H,45,55)(H,46,52)(H,47,51)(H,57,58)(H4,39,40,41)/t20-,21+,22-,23-,24-,25-,26-,27-,28-/m0/s1. The Kier molecular flexibility index (Phi) is 23.9. The number of carboxylic acids is 1. The average molecular weight is 890 g/mol. The third-order valence-corrected chi connectivity index (χ3v) is 10.6. The van der Waals surface area contributed by atoms with E-state index in [9.17, 15) is 48.6 Å². The maximum atomic E-state index is 13.8. The minimum Gasteiger partial charge on any atom is -0.480 e. The summed E-state index contributed by atoms with van der Waals surface area (Å²) in [6.45, 7) is 10.0. The Morgan fingerprint density at radius 2 is 1.37 bits per heavy atom. The Hall–Kier alpha value is -4.35. The highest BCUT2D eigenvalue weighted by Gasteiger charge is 2.39. The van der Waals surface area contributed by atoms with E-state index in [1.54, 1.807) is 27.7 Å². The number of aliphatic hydroxyl groups excluding tert-OH is 1. The lowest BCUT2D eigenvalue weighted by Gasteiger charge is -2.30. The molecule has 0 aromatic rings. The van der Waals surface area contributed by atoms with E-state index in [0.717, 1.165) is 0 Å². The molecule has 1 aliphatic rings. The summed E-state index contributed by atoms with van der Waals surface area (Å²) >= 11 is 5.43. The van der Waals surface area contributed by atoms with E-state index in [1.807, 2.05) is 6.26 Å². The van der Waals surface area contributed by atoms with Crippen molar-refractivity contribution in [2.45, 2.75) is 135 Å². The normalized spacial score (nSPS) is 17.8. The third kappa shape index (κ3) is 18.1. The molecule has 23 heteroatoms. The van der Waals surface area contributed by atoms with Gasteiger partial charge in [-0.1, -0.05) is 27.7 Å². The molecule has 0 aromatic heterocycles. The van der Waals surface area contributed by atoms with Gasteiger partial charge in [0.1, 0.15) is 42.3 Å². The molecule has 14 N–H and O–H groups in total. The summed E-state index contributed by atoms with van der Waals surface area (Å²) in [6.07, 6.45) is 1.51. The van der Waals surface area contributed by atoms with Gasteiger partial charge in [-0.3, -0.25) is 38.6 Å². The van der Waals surface area contributed by atoms with Crippen LogP contribution in [0.1, 0.15) is 80.1 Å². The van der Waals surface area contributed by atoms with Gasteiger partial charge in [0.2, 0.25) is 41.4 Å². The van der Waals surface area contributed by atoms with Crippen LogP contribution in [0.5, 0.6) is 0 Å². The predicted octanol–water partition coefficient (Wildman–Crippen LogP) is -2.86. The maximum absolute atomic E-state index is 13.8. The molecule has 7 amide bonds. The number of guanidine groups is 1. The molecule has 0 saturated carbocycles. The Bertz CT molecular complexity index is 1520. The summed E-state index contributed by atoms with van der Waals surface area (Å²) in [6, 6.07) is -9.49. The number of thioether (sulfide) groups is 1.